The van der Waals surface area contributed by atoms with Crippen LogP contribution in [0, 0.1) is 11.2 Å². The average Bonchev–Trinajstić information content (AvgIpc) is 3.32. The molecular formula is C25H25FN8O6. The molecule has 0 saturated heterocycles. The van der Waals surface area contributed by atoms with E-state index in [4.69, 9.17) is 25.4 Å². The van der Waals surface area contributed by atoms with Gasteiger partial charge in [0, 0.05) is 42.7 Å². The van der Waals surface area contributed by atoms with E-state index in [0.717, 1.165) is 4.68 Å². The van der Waals surface area contributed by atoms with E-state index in [1.807, 2.05) is 0 Å². The second kappa shape index (κ2) is 12.0. The first-order valence-corrected chi connectivity index (χ1v) is 11.7. The number of hydrogen-bond acceptors (Lipinski definition) is 11. The van der Waals surface area contributed by atoms with Crippen molar-refractivity contribution in [2.24, 2.45) is 5.73 Å². The summed E-state index contributed by atoms with van der Waals surface area (Å²) >= 11 is 0. The van der Waals surface area contributed by atoms with Gasteiger partial charge in [0.1, 0.15) is 30.0 Å². The van der Waals surface area contributed by atoms with Gasteiger partial charge < -0.3 is 30.4 Å². The fourth-order valence-electron chi connectivity index (χ4n) is 3.72. The first-order chi connectivity index (χ1) is 19.2. The molecule has 0 radical (unpaired) electrons. The monoisotopic (exact) mass is 552 g/mol. The number of anilines is 1. The van der Waals surface area contributed by atoms with Crippen molar-refractivity contribution in [1.82, 2.24) is 24.7 Å². The highest BCUT2D eigenvalue weighted by Gasteiger charge is 2.27. The predicted molar refractivity (Wildman–Crippen MR) is 140 cm³/mol. The fourth-order valence-corrected chi connectivity index (χ4v) is 3.72. The number of carbonyl (C=O) groups excluding carboxylic acids is 1. The van der Waals surface area contributed by atoms with Crippen molar-refractivity contribution in [3.8, 4) is 23.2 Å². The van der Waals surface area contributed by atoms with Crippen LogP contribution in [0.25, 0.3) is 5.95 Å². The Labute approximate surface area is 226 Å². The number of H-pyrrole nitrogens is 1. The van der Waals surface area contributed by atoms with Crippen molar-refractivity contribution in [1.29, 1.82) is 5.41 Å². The minimum absolute atomic E-state index is 0.0152. The third-order valence-corrected chi connectivity index (χ3v) is 5.42. The molecule has 15 heteroatoms. The molecule has 6 N–H and O–H groups in total. The van der Waals surface area contributed by atoms with Gasteiger partial charge in [-0.15, -0.1) is 9.78 Å². The van der Waals surface area contributed by atoms with Crippen LogP contribution in [0.4, 0.5) is 10.1 Å². The maximum Gasteiger partial charge on any atom is 0.350 e. The molecule has 0 aliphatic carbocycles. The normalized spacial score (nSPS) is 11.5. The summed E-state index contributed by atoms with van der Waals surface area (Å²) in [6.07, 6.45) is 2.86. The summed E-state index contributed by atoms with van der Waals surface area (Å²) in [6, 6.07) is 7.43. The van der Waals surface area contributed by atoms with Gasteiger partial charge in [-0.2, -0.15) is 0 Å². The average molecular weight is 553 g/mol. The molecule has 40 heavy (non-hydrogen) atoms. The third kappa shape index (κ3) is 6.05. The van der Waals surface area contributed by atoms with E-state index in [0.29, 0.717) is 0 Å². The number of amidine groups is 1. The predicted octanol–water partition coefficient (Wildman–Crippen LogP) is 1.28. The number of rotatable bonds is 11. The SMILES string of the molecule is COc1cc(OCCO)c(F)c([C@H](Nc2ccc(C(=N)N)c(OC(C)=O)c2)c2nn(-c3ncccn3)c(=O)[nH]2)c1. The van der Waals surface area contributed by atoms with Gasteiger partial charge in [-0.05, 0) is 24.3 Å². The molecule has 208 valence electrons. The Hall–Kier alpha value is -5.31. The third-order valence-electron chi connectivity index (χ3n) is 5.42. The lowest BCUT2D eigenvalue weighted by molar-refractivity contribution is -0.131. The molecule has 0 bridgehead atoms. The van der Waals surface area contributed by atoms with Crippen molar-refractivity contribution in [3.05, 3.63) is 82.0 Å². The van der Waals surface area contributed by atoms with Crippen LogP contribution in [0.1, 0.15) is 29.9 Å². The highest BCUT2D eigenvalue weighted by Crippen LogP contribution is 2.35. The Morgan fingerprint density at radius 3 is 2.65 bits per heavy atom. The number of aliphatic hydroxyl groups is 1. The lowest BCUT2D eigenvalue weighted by Crippen LogP contribution is -2.19. The topological polar surface area (TPSA) is 203 Å². The van der Waals surface area contributed by atoms with Crippen LogP contribution in [0.2, 0.25) is 0 Å². The summed E-state index contributed by atoms with van der Waals surface area (Å²) in [6.45, 7) is 0.649. The van der Waals surface area contributed by atoms with Gasteiger partial charge in [0.05, 0.1) is 19.3 Å². The molecule has 0 unspecified atom stereocenters. The number of aromatic amines is 1. The van der Waals surface area contributed by atoms with Crippen molar-refractivity contribution < 1.29 is 28.5 Å². The van der Waals surface area contributed by atoms with Crippen molar-refractivity contribution in [3.63, 3.8) is 0 Å². The number of aromatic nitrogens is 5. The zero-order chi connectivity index (χ0) is 28.8. The first-order valence-electron chi connectivity index (χ1n) is 11.7. The van der Waals surface area contributed by atoms with E-state index in [1.165, 1.54) is 56.8 Å². The van der Waals surface area contributed by atoms with Gasteiger partial charge in [-0.25, -0.2) is 19.2 Å². The number of benzene rings is 2. The van der Waals surface area contributed by atoms with Crippen molar-refractivity contribution in [2.45, 2.75) is 13.0 Å². The Kier molecular flexibility index (Phi) is 8.34. The van der Waals surface area contributed by atoms with E-state index < -0.39 is 23.5 Å². The molecule has 0 amide bonds. The van der Waals surface area contributed by atoms with E-state index in [-0.39, 0.29) is 64.9 Å². The number of esters is 1. The van der Waals surface area contributed by atoms with E-state index in [9.17, 15) is 14.7 Å². The second-order valence-electron chi connectivity index (χ2n) is 8.17. The molecule has 0 saturated carbocycles. The Morgan fingerprint density at radius 1 is 1.25 bits per heavy atom. The van der Waals surface area contributed by atoms with E-state index >= 15 is 4.39 Å². The fraction of sp³-hybridized carbons (Fsp3) is 0.200. The summed E-state index contributed by atoms with van der Waals surface area (Å²) < 4.78 is 32.6. The molecule has 0 fully saturated rings. The molecule has 0 aliphatic rings. The number of methoxy groups -OCH3 is 1. The molecule has 2 heterocycles. The molecule has 2 aromatic carbocycles. The number of halogens is 1. The number of aliphatic hydroxyl groups excluding tert-OH is 1. The minimum Gasteiger partial charge on any atom is -0.497 e. The number of ether oxygens (including phenoxy) is 3. The van der Waals surface area contributed by atoms with Gasteiger partial charge in [0.2, 0.25) is 0 Å². The number of carbonyl (C=O) groups is 1. The van der Waals surface area contributed by atoms with Crippen LogP contribution in [-0.2, 0) is 4.79 Å². The highest BCUT2D eigenvalue weighted by atomic mass is 19.1. The summed E-state index contributed by atoms with van der Waals surface area (Å²) in [4.78, 5) is 35.1. The standard InChI is InChI=1S/C25H25FN8O6/c1-13(36)40-18-10-14(4-5-16(18)22(27)28)31-21(17-11-15(38-2)12-19(20(17)26)39-9-8-35)23-32-25(37)34(33-23)24-29-6-3-7-30-24/h3-7,10-12,21,31,35H,8-9H2,1-2H3,(H3,27,28)(H,32,33,37)/t21-/m0/s1. The number of nitrogens with zero attached hydrogens (tertiary/aromatic N) is 4. The number of nitrogens with one attached hydrogen (secondary N) is 3. The lowest BCUT2D eigenvalue weighted by Gasteiger charge is -2.21. The smallest absolute Gasteiger partial charge is 0.350 e. The highest BCUT2D eigenvalue weighted by molar-refractivity contribution is 5.98. The summed E-state index contributed by atoms with van der Waals surface area (Å²) in [5, 5.41) is 24.3. The van der Waals surface area contributed by atoms with Gasteiger partial charge >= 0.3 is 11.7 Å². The molecule has 0 aliphatic heterocycles. The quantitative estimate of drug-likeness (QED) is 0.0776. The Morgan fingerprint density at radius 2 is 2.00 bits per heavy atom. The summed E-state index contributed by atoms with van der Waals surface area (Å²) in [5.74, 6) is -1.87. The summed E-state index contributed by atoms with van der Waals surface area (Å²) in [5.41, 5.74) is 5.32. The Balaban J connectivity index is 1.88. The molecule has 4 aromatic rings. The zero-order valence-electron chi connectivity index (χ0n) is 21.3. The maximum absolute atomic E-state index is 15.8. The number of hydrogen-bond donors (Lipinski definition) is 5. The van der Waals surface area contributed by atoms with Gasteiger partial charge in [0.15, 0.2) is 17.4 Å². The van der Waals surface area contributed by atoms with Crippen LogP contribution in [0.5, 0.6) is 17.2 Å². The van der Waals surface area contributed by atoms with E-state index in [2.05, 4.69) is 25.4 Å². The Bertz CT molecular complexity index is 1590. The molecular weight excluding hydrogens is 527 g/mol. The number of nitrogen functional groups attached to an aromatic ring is 1. The first kappa shape index (κ1) is 27.7. The number of nitrogens with two attached hydrogens (primary N) is 1. The van der Waals surface area contributed by atoms with Gasteiger partial charge in [-0.1, -0.05) is 0 Å². The zero-order valence-corrected chi connectivity index (χ0v) is 21.3. The summed E-state index contributed by atoms with van der Waals surface area (Å²) in [7, 11) is 1.38. The molecule has 14 nitrogen and oxygen atoms in total. The molecule has 4 rings (SSSR count). The minimum atomic E-state index is -1.18. The molecule has 2 aromatic heterocycles. The lowest BCUT2D eigenvalue weighted by atomic mass is 10.0. The molecule has 0 spiro atoms. The van der Waals surface area contributed by atoms with Crippen molar-refractivity contribution in [2.75, 3.05) is 25.6 Å². The van der Waals surface area contributed by atoms with Crippen LogP contribution in [0.3, 0.4) is 0 Å². The molecule has 1 atom stereocenters. The van der Waals surface area contributed by atoms with Crippen LogP contribution in [-0.4, -0.2) is 62.0 Å². The van der Waals surface area contributed by atoms with E-state index in [1.54, 1.807) is 6.07 Å². The van der Waals surface area contributed by atoms with Crippen LogP contribution < -0.4 is 31.0 Å². The van der Waals surface area contributed by atoms with Crippen molar-refractivity contribution >= 4 is 17.5 Å². The van der Waals surface area contributed by atoms with Gasteiger partial charge in [0.25, 0.3) is 5.95 Å². The maximum atomic E-state index is 15.8. The van der Waals surface area contributed by atoms with Gasteiger partial charge in [-0.3, -0.25) is 15.2 Å². The van der Waals surface area contributed by atoms with Crippen LogP contribution >= 0.6 is 0 Å². The second-order valence-corrected chi connectivity index (χ2v) is 8.17. The largest absolute Gasteiger partial charge is 0.497 e. The van der Waals surface area contributed by atoms with Crippen LogP contribution in [0.15, 0.2) is 53.6 Å².